The van der Waals surface area contributed by atoms with Crippen molar-refractivity contribution >= 4 is 23.9 Å². The van der Waals surface area contributed by atoms with Crippen LogP contribution >= 0.6 is 0 Å². The molecule has 0 aliphatic heterocycles. The minimum atomic E-state index is -1.34. The van der Waals surface area contributed by atoms with Crippen molar-refractivity contribution in [2.24, 2.45) is 17.8 Å². The zero-order valence-corrected chi connectivity index (χ0v) is 14.9. The molecule has 0 spiro atoms. The Balaban J connectivity index is 3.40. The second kappa shape index (κ2) is 9.80. The first-order valence-corrected chi connectivity index (χ1v) is 7.94. The lowest BCUT2D eigenvalue weighted by atomic mass is 9.77. The van der Waals surface area contributed by atoms with Gasteiger partial charge in [0, 0.05) is 5.92 Å². The number of methoxy groups -OCH3 is 4. The Kier molecular flexibility index (Phi) is 8.10. The van der Waals surface area contributed by atoms with E-state index in [4.69, 9.17) is 18.9 Å². The lowest BCUT2D eigenvalue weighted by Crippen LogP contribution is -2.39. The maximum atomic E-state index is 12.2. The van der Waals surface area contributed by atoms with Gasteiger partial charge in [-0.3, -0.25) is 19.2 Å². The molecule has 0 saturated heterocycles. The van der Waals surface area contributed by atoms with Gasteiger partial charge in [0.2, 0.25) is 0 Å². The number of hydrogen-bond acceptors (Lipinski definition) is 8. The third-order valence-corrected chi connectivity index (χ3v) is 4.30. The van der Waals surface area contributed by atoms with Crippen molar-refractivity contribution in [2.45, 2.75) is 25.7 Å². The summed E-state index contributed by atoms with van der Waals surface area (Å²) in [5, 5.41) is 0. The molecule has 0 heterocycles. The highest BCUT2D eigenvalue weighted by Crippen LogP contribution is 2.37. The summed E-state index contributed by atoms with van der Waals surface area (Å²) < 4.78 is 18.9. The lowest BCUT2D eigenvalue weighted by molar-refractivity contribution is -0.164. The topological polar surface area (TPSA) is 105 Å². The predicted molar refractivity (Wildman–Crippen MR) is 85.1 cm³/mol. The minimum absolute atomic E-state index is 0.331. The second-order valence-corrected chi connectivity index (χ2v) is 5.60. The van der Waals surface area contributed by atoms with E-state index in [2.05, 4.69) is 0 Å². The normalized spacial score (nSPS) is 17.4. The molecule has 0 aromatic rings. The molecular formula is C17H24O8. The van der Waals surface area contributed by atoms with E-state index in [1.165, 1.54) is 0 Å². The van der Waals surface area contributed by atoms with Gasteiger partial charge in [-0.2, -0.15) is 0 Å². The quantitative estimate of drug-likeness (QED) is 0.301. The van der Waals surface area contributed by atoms with Gasteiger partial charge in [0.15, 0.2) is 11.8 Å². The van der Waals surface area contributed by atoms with Gasteiger partial charge in [-0.25, -0.2) is 0 Å². The molecule has 1 aliphatic rings. The summed E-state index contributed by atoms with van der Waals surface area (Å²) in [5.41, 5.74) is 0.331. The Labute approximate surface area is 146 Å². The van der Waals surface area contributed by atoms with E-state index >= 15 is 0 Å². The zero-order valence-electron chi connectivity index (χ0n) is 14.9. The van der Waals surface area contributed by atoms with Crippen LogP contribution in [0.2, 0.25) is 0 Å². The number of esters is 4. The maximum Gasteiger partial charge on any atom is 0.324 e. The average Bonchev–Trinajstić information content (AvgIpc) is 2.87. The van der Waals surface area contributed by atoms with Crippen LogP contribution in [0.3, 0.4) is 0 Å². The molecule has 0 N–H and O–H groups in total. The number of ether oxygens (including phenoxy) is 4. The molecule has 0 fully saturated rings. The van der Waals surface area contributed by atoms with E-state index in [0.29, 0.717) is 24.8 Å². The third kappa shape index (κ3) is 4.80. The monoisotopic (exact) mass is 356 g/mol. The van der Waals surface area contributed by atoms with Gasteiger partial charge in [0.1, 0.15) is 0 Å². The molecule has 0 bridgehead atoms. The predicted octanol–water partition coefficient (Wildman–Crippen LogP) is 1.03. The Morgan fingerprint density at radius 2 is 1.32 bits per heavy atom. The van der Waals surface area contributed by atoms with Crippen molar-refractivity contribution in [3.05, 3.63) is 11.6 Å². The van der Waals surface area contributed by atoms with Crippen LogP contribution in [0.1, 0.15) is 25.7 Å². The van der Waals surface area contributed by atoms with Crippen molar-refractivity contribution in [3.8, 4) is 0 Å². The molecule has 140 valence electrons. The van der Waals surface area contributed by atoms with Crippen LogP contribution in [0.15, 0.2) is 11.6 Å². The largest absolute Gasteiger partial charge is 0.468 e. The number of carbonyl (C=O) groups is 4. The summed E-state index contributed by atoms with van der Waals surface area (Å²) in [6.45, 7) is 0. The van der Waals surface area contributed by atoms with Crippen molar-refractivity contribution in [1.29, 1.82) is 0 Å². The summed E-state index contributed by atoms with van der Waals surface area (Å²) in [4.78, 5) is 48.7. The lowest BCUT2D eigenvalue weighted by Gasteiger charge is -2.28. The molecule has 1 aliphatic carbocycles. The van der Waals surface area contributed by atoms with Gasteiger partial charge < -0.3 is 18.9 Å². The van der Waals surface area contributed by atoms with Gasteiger partial charge in [-0.1, -0.05) is 12.5 Å². The molecule has 1 atom stereocenters. The van der Waals surface area contributed by atoms with Crippen LogP contribution in [-0.2, 0) is 38.1 Å². The van der Waals surface area contributed by atoms with E-state index in [0.717, 1.165) is 34.9 Å². The summed E-state index contributed by atoms with van der Waals surface area (Å²) in [6, 6.07) is 0. The van der Waals surface area contributed by atoms with E-state index in [9.17, 15) is 19.2 Å². The van der Waals surface area contributed by atoms with Crippen LogP contribution in [0, 0.1) is 17.8 Å². The molecule has 0 saturated carbocycles. The van der Waals surface area contributed by atoms with E-state index in [-0.39, 0.29) is 0 Å². The van der Waals surface area contributed by atoms with Crippen LogP contribution < -0.4 is 0 Å². The number of carbonyl (C=O) groups excluding carboxylic acids is 4. The van der Waals surface area contributed by atoms with Crippen LogP contribution in [0.4, 0.5) is 0 Å². The summed E-state index contributed by atoms with van der Waals surface area (Å²) in [6.07, 6.45) is 4.24. The van der Waals surface area contributed by atoms with Crippen molar-refractivity contribution in [1.82, 2.24) is 0 Å². The number of allylic oxidation sites excluding steroid dienone is 1. The molecule has 0 unspecified atom stereocenters. The van der Waals surface area contributed by atoms with Crippen LogP contribution in [0.5, 0.6) is 0 Å². The Hall–Kier alpha value is -2.38. The zero-order chi connectivity index (χ0) is 19.0. The first kappa shape index (κ1) is 20.7. The second-order valence-electron chi connectivity index (χ2n) is 5.60. The van der Waals surface area contributed by atoms with Crippen LogP contribution in [0.25, 0.3) is 0 Å². The van der Waals surface area contributed by atoms with Crippen LogP contribution in [-0.4, -0.2) is 52.3 Å². The Bertz CT molecular complexity index is 519. The molecule has 0 radical (unpaired) electrons. The first-order chi connectivity index (χ1) is 11.9. The highest BCUT2D eigenvalue weighted by molar-refractivity contribution is 6.00. The number of rotatable bonds is 6. The van der Waals surface area contributed by atoms with E-state index in [1.807, 2.05) is 0 Å². The first-order valence-electron chi connectivity index (χ1n) is 7.94. The average molecular weight is 356 g/mol. The maximum absolute atomic E-state index is 12.2. The van der Waals surface area contributed by atoms with Crippen molar-refractivity contribution < 1.29 is 38.1 Å². The van der Waals surface area contributed by atoms with Gasteiger partial charge >= 0.3 is 23.9 Å². The SMILES string of the molecule is COC(=O)C(C(=O)OC)C1=CCCCC[C@H]1C(C(=O)OC)C(=O)OC. The van der Waals surface area contributed by atoms with Gasteiger partial charge in [-0.15, -0.1) is 0 Å². The smallest absolute Gasteiger partial charge is 0.324 e. The van der Waals surface area contributed by atoms with E-state index in [1.54, 1.807) is 6.08 Å². The van der Waals surface area contributed by atoms with Gasteiger partial charge in [-0.05, 0) is 24.8 Å². The molecular weight excluding hydrogens is 332 g/mol. The summed E-state index contributed by atoms with van der Waals surface area (Å²) >= 11 is 0. The number of hydrogen-bond donors (Lipinski definition) is 0. The van der Waals surface area contributed by atoms with E-state index < -0.39 is 41.6 Å². The Morgan fingerprint density at radius 1 is 0.840 bits per heavy atom. The molecule has 8 nitrogen and oxygen atoms in total. The standard InChI is InChI=1S/C17H24O8/c1-22-14(18)12(15(19)23-2)10-8-6-5-7-9-11(10)13(16(20)24-3)17(21)25-4/h8,11-13H,5-7,9H2,1-4H3/t11-/m1/s1. The molecule has 1 rings (SSSR count). The Morgan fingerprint density at radius 3 is 1.76 bits per heavy atom. The molecule has 0 aromatic heterocycles. The fourth-order valence-electron chi connectivity index (χ4n) is 3.07. The molecule has 25 heavy (non-hydrogen) atoms. The molecule has 8 heteroatoms. The minimum Gasteiger partial charge on any atom is -0.468 e. The molecule has 0 aromatic carbocycles. The molecule has 0 amide bonds. The highest BCUT2D eigenvalue weighted by Gasteiger charge is 2.45. The summed E-state index contributed by atoms with van der Waals surface area (Å²) in [5.74, 6) is -6.50. The van der Waals surface area contributed by atoms with Crippen molar-refractivity contribution in [2.75, 3.05) is 28.4 Å². The fourth-order valence-corrected chi connectivity index (χ4v) is 3.07. The van der Waals surface area contributed by atoms with Crippen molar-refractivity contribution in [3.63, 3.8) is 0 Å². The summed E-state index contributed by atoms with van der Waals surface area (Å²) in [7, 11) is 4.64. The van der Waals surface area contributed by atoms with Gasteiger partial charge in [0.25, 0.3) is 0 Å². The van der Waals surface area contributed by atoms with Gasteiger partial charge in [0.05, 0.1) is 28.4 Å². The fraction of sp³-hybridized carbons (Fsp3) is 0.647. The highest BCUT2D eigenvalue weighted by atomic mass is 16.6. The third-order valence-electron chi connectivity index (χ3n) is 4.30.